The molecule has 2 rings (SSSR count). The van der Waals surface area contributed by atoms with Crippen molar-refractivity contribution in [1.82, 2.24) is 10.2 Å². The molecule has 2 heterocycles. The number of likely N-dealkylation sites (N-methyl/N-ethyl adjacent to an activating group) is 1. The lowest BCUT2D eigenvalue weighted by Gasteiger charge is -2.33. The lowest BCUT2D eigenvalue weighted by atomic mass is 10.1. The van der Waals surface area contributed by atoms with Crippen LogP contribution < -0.4 is 5.32 Å². The van der Waals surface area contributed by atoms with Crippen LogP contribution in [0.25, 0.3) is 0 Å². The van der Waals surface area contributed by atoms with Crippen molar-refractivity contribution in [3.63, 3.8) is 0 Å². The van der Waals surface area contributed by atoms with Gasteiger partial charge in [-0.1, -0.05) is 6.92 Å². The average molecular weight is 276 g/mol. The summed E-state index contributed by atoms with van der Waals surface area (Å²) in [6.45, 7) is 6.88. The van der Waals surface area contributed by atoms with E-state index in [0.717, 1.165) is 45.6 Å². The molecule has 18 heavy (non-hydrogen) atoms. The van der Waals surface area contributed by atoms with Crippen molar-refractivity contribution in [1.29, 1.82) is 0 Å². The van der Waals surface area contributed by atoms with Gasteiger partial charge in [0.2, 0.25) is 0 Å². The maximum Gasteiger partial charge on any atom is 0.150 e. The highest BCUT2D eigenvalue weighted by Gasteiger charge is 2.25. The Hall–Kier alpha value is -0.170. The Morgan fingerprint density at radius 3 is 2.72 bits per heavy atom. The number of hydrogen-bond acceptors (Lipinski definition) is 5. The minimum absolute atomic E-state index is 0.247. The molecule has 0 amide bonds. The molecule has 1 unspecified atom stereocenters. The molecule has 6 heteroatoms. The van der Waals surface area contributed by atoms with Crippen molar-refractivity contribution >= 4 is 9.84 Å². The quantitative estimate of drug-likeness (QED) is 0.775. The zero-order chi connectivity index (χ0) is 13.0. The molecule has 0 aromatic rings. The summed E-state index contributed by atoms with van der Waals surface area (Å²) in [4.78, 5) is 2.39. The fraction of sp³-hybridized carbons (Fsp3) is 1.00. The van der Waals surface area contributed by atoms with Crippen molar-refractivity contribution in [2.24, 2.45) is 0 Å². The Labute approximate surface area is 110 Å². The molecule has 0 saturated carbocycles. The summed E-state index contributed by atoms with van der Waals surface area (Å²) in [5.41, 5.74) is 0. The average Bonchev–Trinajstić information content (AvgIpc) is 2.38. The van der Waals surface area contributed by atoms with Crippen molar-refractivity contribution in [3.8, 4) is 0 Å². The normalized spacial score (nSPS) is 30.4. The number of nitrogens with one attached hydrogen (secondary N) is 1. The van der Waals surface area contributed by atoms with Gasteiger partial charge >= 0.3 is 0 Å². The van der Waals surface area contributed by atoms with Crippen LogP contribution in [0.2, 0.25) is 0 Å². The molecule has 2 aliphatic rings. The van der Waals surface area contributed by atoms with Crippen molar-refractivity contribution in [2.75, 3.05) is 44.3 Å². The fourth-order valence-electron chi connectivity index (χ4n) is 2.58. The molecule has 0 aromatic heterocycles. The number of rotatable bonds is 4. The van der Waals surface area contributed by atoms with E-state index >= 15 is 0 Å². The van der Waals surface area contributed by atoms with Crippen molar-refractivity contribution in [2.45, 2.75) is 31.9 Å². The van der Waals surface area contributed by atoms with E-state index in [9.17, 15) is 8.42 Å². The molecule has 0 bridgehead atoms. The molecule has 0 spiro atoms. The highest BCUT2D eigenvalue weighted by atomic mass is 32.2. The van der Waals surface area contributed by atoms with Crippen molar-refractivity contribution < 1.29 is 13.2 Å². The number of nitrogens with zero attached hydrogens (tertiary/aromatic N) is 1. The Morgan fingerprint density at radius 1 is 1.33 bits per heavy atom. The third kappa shape index (κ3) is 4.19. The second-order valence-corrected chi connectivity index (χ2v) is 7.52. The Balaban J connectivity index is 1.69. The number of hydrogen-bond donors (Lipinski definition) is 1. The van der Waals surface area contributed by atoms with Gasteiger partial charge in [-0.05, 0) is 19.4 Å². The summed E-state index contributed by atoms with van der Waals surface area (Å²) in [5, 5.41) is 3.46. The molecular formula is C12H24N2O3S. The SMILES string of the molecule is CCN1CCOC(CNC2CCS(=O)(=O)CC2)C1. The molecule has 0 aliphatic carbocycles. The second kappa shape index (κ2) is 6.32. The van der Waals surface area contributed by atoms with Crippen LogP contribution in [0.15, 0.2) is 0 Å². The molecule has 1 N–H and O–H groups in total. The molecular weight excluding hydrogens is 252 g/mol. The molecule has 2 fully saturated rings. The minimum atomic E-state index is -2.75. The smallest absolute Gasteiger partial charge is 0.150 e. The molecule has 1 atom stereocenters. The van der Waals surface area contributed by atoms with Crippen LogP contribution in [-0.2, 0) is 14.6 Å². The van der Waals surface area contributed by atoms with E-state index in [-0.39, 0.29) is 6.10 Å². The van der Waals surface area contributed by atoms with Gasteiger partial charge in [-0.25, -0.2) is 8.42 Å². The molecule has 0 radical (unpaired) electrons. The van der Waals surface area contributed by atoms with Crippen molar-refractivity contribution in [3.05, 3.63) is 0 Å². The number of ether oxygens (including phenoxy) is 1. The maximum absolute atomic E-state index is 11.3. The first-order chi connectivity index (χ1) is 8.59. The minimum Gasteiger partial charge on any atom is -0.374 e. The fourth-order valence-corrected chi connectivity index (χ4v) is 4.07. The highest BCUT2D eigenvalue weighted by molar-refractivity contribution is 7.91. The van der Waals surface area contributed by atoms with Crippen LogP contribution >= 0.6 is 0 Å². The Morgan fingerprint density at radius 2 is 2.06 bits per heavy atom. The lowest BCUT2D eigenvalue weighted by Crippen LogP contribution is -2.49. The summed E-state index contributed by atoms with van der Waals surface area (Å²) >= 11 is 0. The van der Waals surface area contributed by atoms with E-state index in [1.165, 1.54) is 0 Å². The van der Waals surface area contributed by atoms with E-state index in [0.29, 0.717) is 17.5 Å². The van der Waals surface area contributed by atoms with Gasteiger partial charge in [-0.2, -0.15) is 0 Å². The van der Waals surface area contributed by atoms with Gasteiger partial charge in [-0.15, -0.1) is 0 Å². The predicted molar refractivity (Wildman–Crippen MR) is 71.5 cm³/mol. The van der Waals surface area contributed by atoms with Crippen LogP contribution in [0.1, 0.15) is 19.8 Å². The summed E-state index contributed by atoms with van der Waals surface area (Å²) in [5.74, 6) is 0.661. The molecule has 2 aliphatic heterocycles. The Kier molecular flexibility index (Phi) is 5.00. The van der Waals surface area contributed by atoms with E-state index in [2.05, 4.69) is 17.1 Å². The van der Waals surface area contributed by atoms with Crippen LogP contribution in [-0.4, -0.2) is 69.8 Å². The number of morpholine rings is 1. The van der Waals surface area contributed by atoms with Crippen LogP contribution in [0.5, 0.6) is 0 Å². The largest absolute Gasteiger partial charge is 0.374 e. The van der Waals surface area contributed by atoms with E-state index in [1.807, 2.05) is 0 Å². The zero-order valence-electron chi connectivity index (χ0n) is 11.1. The van der Waals surface area contributed by atoms with Gasteiger partial charge in [0.05, 0.1) is 24.2 Å². The lowest BCUT2D eigenvalue weighted by molar-refractivity contribution is -0.0264. The predicted octanol–water partition coefficient (Wildman–Crippen LogP) is -0.126. The first-order valence-corrected chi connectivity index (χ1v) is 8.69. The second-order valence-electron chi connectivity index (χ2n) is 5.22. The maximum atomic E-state index is 11.3. The molecule has 5 nitrogen and oxygen atoms in total. The number of sulfone groups is 1. The van der Waals surface area contributed by atoms with E-state index < -0.39 is 9.84 Å². The summed E-state index contributed by atoms with van der Waals surface area (Å²) in [6, 6.07) is 0.342. The zero-order valence-corrected chi connectivity index (χ0v) is 11.9. The topological polar surface area (TPSA) is 58.6 Å². The van der Waals surface area contributed by atoms with Gasteiger partial charge in [0, 0.05) is 25.7 Å². The summed E-state index contributed by atoms with van der Waals surface area (Å²) in [6.07, 6.45) is 1.73. The highest BCUT2D eigenvalue weighted by Crippen LogP contribution is 2.12. The van der Waals surface area contributed by atoms with Crippen LogP contribution in [0.4, 0.5) is 0 Å². The summed E-state index contributed by atoms with van der Waals surface area (Å²) in [7, 11) is -2.75. The van der Waals surface area contributed by atoms with Crippen LogP contribution in [0, 0.1) is 0 Å². The molecule has 106 valence electrons. The third-order valence-corrected chi connectivity index (χ3v) is 5.57. The Bertz CT molecular complexity index is 344. The van der Waals surface area contributed by atoms with Gasteiger partial charge in [0.25, 0.3) is 0 Å². The van der Waals surface area contributed by atoms with Crippen LogP contribution in [0.3, 0.4) is 0 Å². The van der Waals surface area contributed by atoms with E-state index in [1.54, 1.807) is 0 Å². The standard InChI is InChI=1S/C12H24N2O3S/c1-2-14-5-6-17-12(10-14)9-13-11-3-7-18(15,16)8-4-11/h11-13H,2-10H2,1H3. The molecule has 0 aromatic carbocycles. The summed E-state index contributed by atoms with van der Waals surface area (Å²) < 4.78 is 28.4. The van der Waals surface area contributed by atoms with Gasteiger partial charge in [-0.3, -0.25) is 4.90 Å². The van der Waals surface area contributed by atoms with E-state index in [4.69, 9.17) is 4.74 Å². The van der Waals surface area contributed by atoms with Gasteiger partial charge in [0.1, 0.15) is 9.84 Å². The monoisotopic (exact) mass is 276 g/mol. The first-order valence-electron chi connectivity index (χ1n) is 6.87. The first kappa shape index (κ1) is 14.2. The molecule has 2 saturated heterocycles. The van der Waals surface area contributed by atoms with Gasteiger partial charge in [0.15, 0.2) is 0 Å². The van der Waals surface area contributed by atoms with Gasteiger partial charge < -0.3 is 10.1 Å². The third-order valence-electron chi connectivity index (χ3n) is 3.86.